The highest BCUT2D eigenvalue weighted by atomic mass is 16.5. The summed E-state index contributed by atoms with van der Waals surface area (Å²) in [5.41, 5.74) is 5.45. The molecule has 0 amide bonds. The number of aromatic nitrogens is 1. The van der Waals surface area contributed by atoms with Gasteiger partial charge in [-0.3, -0.25) is 14.7 Å². The Labute approximate surface area is 161 Å². The molecular weight excluding hydrogens is 336 g/mol. The summed E-state index contributed by atoms with van der Waals surface area (Å²) < 4.78 is 4.74. The van der Waals surface area contributed by atoms with Crippen molar-refractivity contribution in [3.8, 4) is 0 Å². The average Bonchev–Trinajstić information content (AvgIpc) is 3.21. The van der Waals surface area contributed by atoms with Crippen LogP contribution in [0.3, 0.4) is 0 Å². The van der Waals surface area contributed by atoms with Crippen molar-refractivity contribution in [2.45, 2.75) is 32.6 Å². The lowest BCUT2D eigenvalue weighted by atomic mass is 10.00. The maximum absolute atomic E-state index is 11.4. The Hall–Kier alpha value is -2.46. The minimum Gasteiger partial charge on any atom is -0.469 e. The lowest BCUT2D eigenvalue weighted by Crippen LogP contribution is -2.19. The van der Waals surface area contributed by atoms with Crippen LogP contribution in [0.1, 0.15) is 41.8 Å². The molecule has 0 atom stereocenters. The number of ether oxygens (including phenoxy) is 1. The maximum Gasteiger partial charge on any atom is 0.305 e. The third-order valence-electron chi connectivity index (χ3n) is 5.01. The molecule has 142 valence electrons. The molecule has 4 nitrogen and oxygen atoms in total. The number of carbonyl (C=O) groups excluding carboxylic acids is 1. The van der Waals surface area contributed by atoms with Gasteiger partial charge in [-0.2, -0.15) is 0 Å². The van der Waals surface area contributed by atoms with Gasteiger partial charge in [-0.05, 0) is 50.6 Å². The average molecular weight is 364 g/mol. The van der Waals surface area contributed by atoms with Crippen molar-refractivity contribution in [3.63, 3.8) is 0 Å². The van der Waals surface area contributed by atoms with Crippen LogP contribution in [0.4, 0.5) is 0 Å². The number of benzene rings is 1. The van der Waals surface area contributed by atoms with E-state index in [1.807, 2.05) is 12.1 Å². The molecule has 4 heteroatoms. The van der Waals surface area contributed by atoms with Gasteiger partial charge >= 0.3 is 5.97 Å². The lowest BCUT2D eigenvalue weighted by molar-refractivity contribution is -0.140. The monoisotopic (exact) mass is 364 g/mol. The van der Waals surface area contributed by atoms with E-state index >= 15 is 0 Å². The number of hydrogen-bond donors (Lipinski definition) is 0. The first kappa shape index (κ1) is 19.3. The first-order valence-electron chi connectivity index (χ1n) is 9.68. The Morgan fingerprint density at radius 1 is 1.15 bits per heavy atom. The van der Waals surface area contributed by atoms with E-state index in [0.29, 0.717) is 12.8 Å². The van der Waals surface area contributed by atoms with E-state index in [1.54, 1.807) is 0 Å². The number of likely N-dealkylation sites (tertiary alicyclic amines) is 1. The van der Waals surface area contributed by atoms with Gasteiger partial charge in [0.1, 0.15) is 0 Å². The number of rotatable bonds is 7. The van der Waals surface area contributed by atoms with Crippen LogP contribution in [0.2, 0.25) is 0 Å². The molecule has 1 aromatic heterocycles. The fourth-order valence-corrected chi connectivity index (χ4v) is 3.39. The fourth-order valence-electron chi connectivity index (χ4n) is 3.39. The van der Waals surface area contributed by atoms with Gasteiger partial charge in [0.2, 0.25) is 0 Å². The SMILES string of the molecule is COC(=O)CCc1cccc(C(=CCN2CCCC2)c2ccc(C)cc2)n1. The second-order valence-corrected chi connectivity index (χ2v) is 7.08. The van der Waals surface area contributed by atoms with Crippen molar-refractivity contribution < 1.29 is 9.53 Å². The minimum absolute atomic E-state index is 0.203. The predicted octanol–water partition coefficient (Wildman–Crippen LogP) is 4.02. The molecule has 2 aromatic rings. The Morgan fingerprint density at radius 2 is 1.89 bits per heavy atom. The molecule has 0 aliphatic carbocycles. The second kappa shape index (κ2) is 9.47. The van der Waals surface area contributed by atoms with Crippen molar-refractivity contribution in [1.29, 1.82) is 0 Å². The number of pyridine rings is 1. The van der Waals surface area contributed by atoms with Crippen molar-refractivity contribution in [3.05, 3.63) is 71.1 Å². The normalized spacial score (nSPS) is 15.1. The zero-order chi connectivity index (χ0) is 19.1. The molecule has 1 aromatic carbocycles. The Balaban J connectivity index is 1.86. The molecule has 1 aliphatic heterocycles. The largest absolute Gasteiger partial charge is 0.469 e. The zero-order valence-corrected chi connectivity index (χ0v) is 16.3. The van der Waals surface area contributed by atoms with Crippen LogP contribution < -0.4 is 0 Å². The summed E-state index contributed by atoms with van der Waals surface area (Å²) in [7, 11) is 1.42. The molecule has 27 heavy (non-hydrogen) atoms. The van der Waals surface area contributed by atoms with Crippen molar-refractivity contribution in [2.75, 3.05) is 26.7 Å². The number of carbonyl (C=O) groups is 1. The molecule has 0 bridgehead atoms. The smallest absolute Gasteiger partial charge is 0.305 e. The Bertz CT molecular complexity index is 790. The summed E-state index contributed by atoms with van der Waals surface area (Å²) >= 11 is 0. The highest BCUT2D eigenvalue weighted by Crippen LogP contribution is 2.23. The van der Waals surface area contributed by atoms with Crippen molar-refractivity contribution >= 4 is 11.5 Å². The summed E-state index contributed by atoms with van der Waals surface area (Å²) in [6.07, 6.45) is 5.81. The van der Waals surface area contributed by atoms with Gasteiger partial charge in [-0.15, -0.1) is 0 Å². The highest BCUT2D eigenvalue weighted by molar-refractivity contribution is 5.78. The molecule has 1 aliphatic rings. The number of hydrogen-bond acceptors (Lipinski definition) is 4. The molecule has 0 radical (unpaired) electrons. The van der Waals surface area contributed by atoms with Crippen LogP contribution in [0.5, 0.6) is 0 Å². The van der Waals surface area contributed by atoms with Crippen LogP contribution in [0.15, 0.2) is 48.5 Å². The number of esters is 1. The summed E-state index contributed by atoms with van der Waals surface area (Å²) in [6.45, 7) is 5.38. The second-order valence-electron chi connectivity index (χ2n) is 7.08. The molecule has 0 unspecified atom stereocenters. The van der Waals surface area contributed by atoms with Gasteiger partial charge in [0.15, 0.2) is 0 Å². The van der Waals surface area contributed by atoms with Gasteiger partial charge in [0.25, 0.3) is 0 Å². The van der Waals surface area contributed by atoms with Gasteiger partial charge in [0, 0.05) is 24.2 Å². The third-order valence-corrected chi connectivity index (χ3v) is 5.01. The number of nitrogens with zero attached hydrogens (tertiary/aromatic N) is 2. The van der Waals surface area contributed by atoms with E-state index in [2.05, 4.69) is 48.2 Å². The third kappa shape index (κ3) is 5.51. The van der Waals surface area contributed by atoms with E-state index < -0.39 is 0 Å². The van der Waals surface area contributed by atoms with Crippen molar-refractivity contribution in [1.82, 2.24) is 9.88 Å². The van der Waals surface area contributed by atoms with Crippen LogP contribution in [-0.2, 0) is 16.0 Å². The fraction of sp³-hybridized carbons (Fsp3) is 0.391. The van der Waals surface area contributed by atoms with Gasteiger partial charge in [-0.25, -0.2) is 0 Å². The number of methoxy groups -OCH3 is 1. The molecule has 3 rings (SSSR count). The van der Waals surface area contributed by atoms with Crippen LogP contribution >= 0.6 is 0 Å². The first-order valence-corrected chi connectivity index (χ1v) is 9.68. The standard InChI is InChI=1S/C23H28N2O2/c1-18-8-10-19(11-9-18)21(14-17-25-15-3-4-16-25)22-7-5-6-20(24-22)12-13-23(26)27-2/h5-11,14H,3-4,12-13,15-17H2,1-2H3. The van der Waals surface area contributed by atoms with Gasteiger partial charge in [0.05, 0.1) is 19.2 Å². The summed E-state index contributed by atoms with van der Waals surface area (Å²) in [5, 5.41) is 0. The van der Waals surface area contributed by atoms with E-state index in [0.717, 1.165) is 23.5 Å². The van der Waals surface area contributed by atoms with Gasteiger partial charge in [-0.1, -0.05) is 42.0 Å². The van der Waals surface area contributed by atoms with Gasteiger partial charge < -0.3 is 4.74 Å². The Kier molecular flexibility index (Phi) is 6.77. The quantitative estimate of drug-likeness (QED) is 0.696. The van der Waals surface area contributed by atoms with Crippen LogP contribution in [-0.4, -0.2) is 42.6 Å². The first-order chi connectivity index (χ1) is 13.2. The van der Waals surface area contributed by atoms with E-state index in [1.165, 1.54) is 44.2 Å². The molecular formula is C23H28N2O2. The van der Waals surface area contributed by atoms with E-state index in [-0.39, 0.29) is 5.97 Å². The molecule has 1 saturated heterocycles. The molecule has 0 spiro atoms. The number of aryl methyl sites for hydroxylation is 2. The maximum atomic E-state index is 11.4. The molecule has 2 heterocycles. The molecule has 0 saturated carbocycles. The van der Waals surface area contributed by atoms with Crippen LogP contribution in [0, 0.1) is 6.92 Å². The predicted molar refractivity (Wildman–Crippen MR) is 109 cm³/mol. The summed E-state index contributed by atoms with van der Waals surface area (Å²) in [6, 6.07) is 14.6. The van der Waals surface area contributed by atoms with Crippen LogP contribution in [0.25, 0.3) is 5.57 Å². The zero-order valence-electron chi connectivity index (χ0n) is 16.3. The summed E-state index contributed by atoms with van der Waals surface area (Å²) in [5.74, 6) is -0.203. The molecule has 0 N–H and O–H groups in total. The topological polar surface area (TPSA) is 42.4 Å². The van der Waals surface area contributed by atoms with E-state index in [9.17, 15) is 4.79 Å². The minimum atomic E-state index is -0.203. The Morgan fingerprint density at radius 3 is 2.59 bits per heavy atom. The molecule has 1 fully saturated rings. The van der Waals surface area contributed by atoms with Crippen molar-refractivity contribution in [2.24, 2.45) is 0 Å². The van der Waals surface area contributed by atoms with E-state index in [4.69, 9.17) is 9.72 Å². The summed E-state index contributed by atoms with van der Waals surface area (Å²) in [4.78, 5) is 18.8. The lowest BCUT2D eigenvalue weighted by Gasteiger charge is -2.15. The highest BCUT2D eigenvalue weighted by Gasteiger charge is 2.13.